The van der Waals surface area contributed by atoms with Gasteiger partial charge < -0.3 is 64.5 Å². The molecule has 83 heavy (non-hydrogen) atoms. The highest BCUT2D eigenvalue weighted by atomic mass is 17.0. The Morgan fingerprint density at radius 3 is 1.04 bits per heavy atom. The summed E-state index contributed by atoms with van der Waals surface area (Å²) in [7, 11) is 0. The Kier molecular flexibility index (Phi) is 42.6. The van der Waals surface area contributed by atoms with Gasteiger partial charge in [0.2, 0.25) is 5.79 Å². The highest BCUT2D eigenvalue weighted by Crippen LogP contribution is 2.51. The number of hydrogen-bond donors (Lipinski definition) is 8. The predicted octanol–water partition coefficient (Wildman–Crippen LogP) is 12.3. The molecule has 0 amide bonds. The fourth-order valence-electron chi connectivity index (χ4n) is 10.8. The number of carbonyl (C=O) groups is 3. The summed E-state index contributed by atoms with van der Waals surface area (Å²) in [6.07, 6.45) is 39.6. The number of allylic oxidation sites excluding steroid dienone is 6. The molecule has 0 aromatic carbocycles. The van der Waals surface area contributed by atoms with E-state index >= 15 is 0 Å². The second-order valence-corrected chi connectivity index (χ2v) is 23.5. The Labute approximate surface area is 500 Å². The van der Waals surface area contributed by atoms with Crippen LogP contribution in [0, 0.1) is 0 Å². The van der Waals surface area contributed by atoms with Gasteiger partial charge in [0.05, 0.1) is 13.2 Å². The van der Waals surface area contributed by atoms with Crippen LogP contribution in [-0.2, 0) is 42.8 Å². The summed E-state index contributed by atoms with van der Waals surface area (Å²) in [4.78, 5) is 42.1. The molecule has 17 nitrogen and oxygen atoms in total. The molecule has 484 valence electrons. The monoisotopic (exact) mass is 1180 g/mol. The maximum atomic E-state index is 14.1. The van der Waals surface area contributed by atoms with E-state index in [4.69, 9.17) is 28.4 Å². The lowest BCUT2D eigenvalue weighted by molar-refractivity contribution is -0.587. The summed E-state index contributed by atoms with van der Waals surface area (Å²) >= 11 is 0. The molecule has 0 saturated carbocycles. The number of hydrogen-bond acceptors (Lipinski definition) is 17. The zero-order chi connectivity index (χ0) is 60.9. The molecule has 0 radical (unpaired) electrons. The fourth-order valence-corrected chi connectivity index (χ4v) is 10.8. The first kappa shape index (κ1) is 76.3. The average molecular weight is 1180 g/mol. The molecule has 0 bridgehead atoms. The van der Waals surface area contributed by atoms with Crippen LogP contribution in [0.3, 0.4) is 0 Å². The fraction of sp³-hybridized carbons (Fsp3) is 0.864. The molecule has 0 aliphatic carbocycles. The van der Waals surface area contributed by atoms with E-state index in [1.54, 1.807) is 0 Å². The molecule has 8 N–H and O–H groups in total. The maximum absolute atomic E-state index is 14.1. The number of ether oxygens (including phenoxy) is 6. The molecule has 0 aromatic heterocycles. The lowest BCUT2D eigenvalue weighted by Gasteiger charge is -2.56. The molecular weight excluding hydrogens is 1060 g/mol. The van der Waals surface area contributed by atoms with Gasteiger partial charge in [-0.05, 0) is 96.3 Å². The second-order valence-electron chi connectivity index (χ2n) is 23.5. The maximum Gasteiger partial charge on any atom is 0.409 e. The minimum atomic E-state index is -4.12. The van der Waals surface area contributed by atoms with Crippen LogP contribution in [0.5, 0.6) is 0 Å². The Balaban J connectivity index is 2.33. The third kappa shape index (κ3) is 28.7. The first-order valence-corrected chi connectivity index (χ1v) is 33.2. The van der Waals surface area contributed by atoms with Gasteiger partial charge in [0.15, 0.2) is 6.10 Å². The van der Waals surface area contributed by atoms with E-state index in [-0.39, 0.29) is 25.7 Å². The van der Waals surface area contributed by atoms with E-state index in [0.29, 0.717) is 19.3 Å². The van der Waals surface area contributed by atoms with Gasteiger partial charge in [0.25, 0.3) is 0 Å². The summed E-state index contributed by atoms with van der Waals surface area (Å²) < 4.78 is 34.5. The van der Waals surface area contributed by atoms with Crippen molar-refractivity contribution < 1.29 is 83.7 Å². The lowest BCUT2D eigenvalue weighted by atomic mass is 9.88. The lowest BCUT2D eigenvalue weighted by Crippen LogP contribution is -2.84. The molecular formula is C66H118O17. The van der Waals surface area contributed by atoms with Gasteiger partial charge in [-0.3, -0.25) is 19.1 Å². The molecule has 1 unspecified atom stereocenters. The number of esters is 3. The van der Waals surface area contributed by atoms with Crippen LogP contribution in [0.4, 0.5) is 0 Å². The van der Waals surface area contributed by atoms with Gasteiger partial charge in [-0.15, -0.1) is 0 Å². The number of rotatable bonds is 53. The molecule has 17 heteroatoms. The third-order valence-corrected chi connectivity index (χ3v) is 16.1. The minimum absolute atomic E-state index is 0.203. The Morgan fingerprint density at radius 1 is 0.398 bits per heavy atom. The number of carbonyl (C=O) groups excluding carboxylic acids is 3. The van der Waals surface area contributed by atoms with Crippen LogP contribution in [-0.4, -0.2) is 132 Å². The SMILES string of the molecule is CCCCCCCC/C=C/CCCCCCCC(=O)O[C@@]1(OC2(CO)O[C@H](CO)[C@@H](O)[C@@H]2O)O[C@H](CO)[C@@H](O)[C@@](O)(OC(=O)CCCCCCC/C=C/CCCCCCCC)[C@]1(O)OC(=O)CCCCCCC/C=C/CCCCCCCC. The molecule has 2 fully saturated rings. The zero-order valence-corrected chi connectivity index (χ0v) is 51.9. The van der Waals surface area contributed by atoms with Crippen molar-refractivity contribution in [2.45, 2.75) is 344 Å². The summed E-state index contributed by atoms with van der Waals surface area (Å²) in [5.74, 6) is -18.5. The first-order chi connectivity index (χ1) is 40.2. The van der Waals surface area contributed by atoms with Crippen LogP contribution in [0.25, 0.3) is 0 Å². The number of aliphatic hydroxyl groups excluding tert-OH is 6. The molecule has 0 spiro atoms. The second kappa shape index (κ2) is 46.4. The van der Waals surface area contributed by atoms with Crippen molar-refractivity contribution in [3.8, 4) is 0 Å². The quantitative estimate of drug-likeness (QED) is 0.00925. The summed E-state index contributed by atoms with van der Waals surface area (Å²) in [6, 6.07) is 0. The molecule has 2 heterocycles. The normalized spacial score (nSPS) is 25.6. The van der Waals surface area contributed by atoms with Crippen molar-refractivity contribution in [1.82, 2.24) is 0 Å². The standard InChI is InChI=1S/C66H118O17/c1-4-7-10-13-16-19-22-25-28-31-34-37-40-43-46-49-57(70)80-64(76)61(74)56(53-68)79-66(83-63(54-69)62(75)60(73)55(52-67)78-63,82-59(72)51-48-45-42-39-36-33-30-27-24-21-18-15-12-9-6-3)65(64,77)81-58(71)50-47-44-41-38-35-32-29-26-23-20-17-14-11-8-5-2/h25-30,55-56,60-62,67-69,73-77H,4-24,31-54H2,1-3H3/b28-25+,29-26+,30-27+/t55-,56-,60-,61-,62+,63?,64-,65+,66+/m1/s1. The van der Waals surface area contributed by atoms with Crippen molar-refractivity contribution in [3.05, 3.63) is 36.5 Å². The van der Waals surface area contributed by atoms with Gasteiger partial charge in [-0.2, -0.15) is 0 Å². The van der Waals surface area contributed by atoms with E-state index in [0.717, 1.165) is 96.3 Å². The number of aliphatic hydroxyl groups is 8. The van der Waals surface area contributed by atoms with Crippen molar-refractivity contribution in [2.24, 2.45) is 0 Å². The zero-order valence-electron chi connectivity index (χ0n) is 51.9. The molecule has 2 saturated heterocycles. The highest BCUT2D eigenvalue weighted by Gasteiger charge is 2.83. The Bertz CT molecular complexity index is 1740. The Hall–Kier alpha value is -2.81. The Morgan fingerprint density at radius 2 is 0.711 bits per heavy atom. The van der Waals surface area contributed by atoms with Crippen molar-refractivity contribution in [3.63, 3.8) is 0 Å². The van der Waals surface area contributed by atoms with Gasteiger partial charge in [0, 0.05) is 19.3 Å². The van der Waals surface area contributed by atoms with Crippen LogP contribution < -0.4 is 0 Å². The minimum Gasteiger partial charge on any atom is -0.422 e. The van der Waals surface area contributed by atoms with Gasteiger partial charge >= 0.3 is 35.5 Å². The third-order valence-electron chi connectivity index (χ3n) is 16.1. The van der Waals surface area contributed by atoms with Gasteiger partial charge in [0.1, 0.15) is 31.0 Å². The van der Waals surface area contributed by atoms with Gasteiger partial charge in [-0.25, -0.2) is 0 Å². The van der Waals surface area contributed by atoms with Crippen LogP contribution >= 0.6 is 0 Å². The summed E-state index contributed by atoms with van der Waals surface area (Å²) in [6.45, 7) is 3.03. The van der Waals surface area contributed by atoms with Crippen molar-refractivity contribution in [2.75, 3.05) is 19.8 Å². The molecule has 2 aliphatic heterocycles. The summed E-state index contributed by atoms with van der Waals surface area (Å²) in [5.41, 5.74) is 0. The average Bonchev–Trinajstić information content (AvgIpc) is 2.43. The van der Waals surface area contributed by atoms with Crippen LogP contribution in [0.2, 0.25) is 0 Å². The predicted molar refractivity (Wildman–Crippen MR) is 322 cm³/mol. The molecule has 2 aliphatic rings. The van der Waals surface area contributed by atoms with E-state index in [9.17, 15) is 55.2 Å². The smallest absolute Gasteiger partial charge is 0.409 e. The summed E-state index contributed by atoms with van der Waals surface area (Å²) in [5, 5.41) is 91.4. The van der Waals surface area contributed by atoms with Crippen LogP contribution in [0.1, 0.15) is 290 Å². The first-order valence-electron chi connectivity index (χ1n) is 33.2. The molecule has 2 rings (SSSR count). The van der Waals surface area contributed by atoms with E-state index in [1.165, 1.54) is 116 Å². The molecule has 0 aromatic rings. The van der Waals surface area contributed by atoms with E-state index in [2.05, 4.69) is 57.2 Å². The topological polar surface area (TPSA) is 268 Å². The van der Waals surface area contributed by atoms with Crippen molar-refractivity contribution in [1.29, 1.82) is 0 Å². The number of unbranched alkanes of at least 4 members (excludes halogenated alkanes) is 33. The molecule has 9 atom stereocenters. The largest absolute Gasteiger partial charge is 0.422 e. The highest BCUT2D eigenvalue weighted by molar-refractivity contribution is 5.72. The van der Waals surface area contributed by atoms with E-state index < -0.39 is 104 Å². The van der Waals surface area contributed by atoms with E-state index in [1.807, 2.05) is 0 Å². The van der Waals surface area contributed by atoms with Crippen LogP contribution in [0.15, 0.2) is 36.5 Å². The van der Waals surface area contributed by atoms with Gasteiger partial charge in [-0.1, -0.05) is 211 Å². The van der Waals surface area contributed by atoms with Crippen molar-refractivity contribution >= 4 is 17.9 Å².